The van der Waals surface area contributed by atoms with E-state index >= 15 is 0 Å². The Bertz CT molecular complexity index is 1420. The summed E-state index contributed by atoms with van der Waals surface area (Å²) in [5.41, 5.74) is 7.79. The summed E-state index contributed by atoms with van der Waals surface area (Å²) in [5.74, 6) is -3.94. The van der Waals surface area contributed by atoms with Gasteiger partial charge in [0.05, 0.1) is 0 Å². The third-order valence-electron chi connectivity index (χ3n) is 6.18. The van der Waals surface area contributed by atoms with Crippen LogP contribution < -0.4 is 20.9 Å². The third-order valence-corrected chi connectivity index (χ3v) is 6.62. The number of hydrogen-bond donors (Lipinski definition) is 7. The first kappa shape index (κ1) is 30.4. The molecule has 3 rings (SSSR count). The van der Waals surface area contributed by atoms with E-state index in [1.54, 1.807) is 13.1 Å². The molecule has 0 saturated heterocycles. The maximum Gasteiger partial charge on any atom is 0.524 e. The molecule has 0 fully saturated rings. The van der Waals surface area contributed by atoms with Crippen molar-refractivity contribution in [1.82, 2.24) is 15.6 Å². The molecule has 0 bridgehead atoms. The highest BCUT2D eigenvalue weighted by Crippen LogP contribution is 2.37. The lowest BCUT2D eigenvalue weighted by molar-refractivity contribution is -0.138. The van der Waals surface area contributed by atoms with Crippen LogP contribution in [0.3, 0.4) is 0 Å². The van der Waals surface area contributed by atoms with Crippen molar-refractivity contribution in [2.45, 2.75) is 44.7 Å². The number of phosphoric ester groups is 1. The standard InChI is InChI=1S/C26H31N4O9P/c1-15(12-16-6-8-18(9-7-16)39-40(36,37)38)25(34)29-21(10-11-23(31)32)26(35)30-22(24(27)33)13-17-14-28-20-5-3-2-4-19(17)20/h2-9,14-15,21-22,28H,10-13H2,1H3,(H2,27,33)(H,29,34)(H,30,35)(H,31,32)(H2,36,37,38)/t15-,21?,22+/m1/s1. The fourth-order valence-electron chi connectivity index (χ4n) is 4.14. The number of carboxylic acid groups (broad SMARTS) is 1. The average molecular weight is 575 g/mol. The molecule has 3 amide bonds. The number of amides is 3. The van der Waals surface area contributed by atoms with Crippen molar-refractivity contribution >= 4 is 42.4 Å². The third kappa shape index (κ3) is 8.94. The van der Waals surface area contributed by atoms with Crippen LogP contribution in [0.15, 0.2) is 54.7 Å². The summed E-state index contributed by atoms with van der Waals surface area (Å²) in [6, 6.07) is 10.8. The number of benzene rings is 2. The van der Waals surface area contributed by atoms with Crippen molar-refractivity contribution in [3.05, 3.63) is 65.9 Å². The number of primary amides is 1. The van der Waals surface area contributed by atoms with Crippen LogP contribution in [0.5, 0.6) is 5.75 Å². The maximum atomic E-state index is 13.1. The first-order valence-electron chi connectivity index (χ1n) is 12.3. The molecule has 0 spiro atoms. The SMILES string of the molecule is C[C@H](Cc1ccc(OP(=O)(O)O)cc1)C(=O)NC(CCC(=O)O)C(=O)N[C@@H](Cc1c[nH]c2ccccc12)C(N)=O. The number of carbonyl (C=O) groups is 4. The number of fused-ring (bicyclic) bond motifs is 1. The summed E-state index contributed by atoms with van der Waals surface area (Å²) in [6.45, 7) is 1.60. The Morgan fingerprint density at radius 3 is 2.25 bits per heavy atom. The fraction of sp³-hybridized carbons (Fsp3) is 0.308. The smallest absolute Gasteiger partial charge is 0.481 e. The molecule has 0 aliphatic rings. The molecular formula is C26H31N4O9P. The molecule has 0 aliphatic heterocycles. The largest absolute Gasteiger partial charge is 0.524 e. The van der Waals surface area contributed by atoms with E-state index in [4.69, 9.17) is 20.6 Å². The van der Waals surface area contributed by atoms with Crippen molar-refractivity contribution < 1.29 is 43.2 Å². The number of aliphatic carboxylic acids is 1. The number of carbonyl (C=O) groups excluding carboxylic acids is 3. The molecule has 214 valence electrons. The lowest BCUT2D eigenvalue weighted by Gasteiger charge is -2.23. The van der Waals surface area contributed by atoms with Gasteiger partial charge in [0.15, 0.2) is 0 Å². The number of hydrogen-bond acceptors (Lipinski definition) is 6. The number of aromatic nitrogens is 1. The number of H-pyrrole nitrogens is 1. The van der Waals surface area contributed by atoms with E-state index in [1.165, 1.54) is 24.3 Å². The van der Waals surface area contributed by atoms with E-state index in [9.17, 15) is 23.7 Å². The average Bonchev–Trinajstić information content (AvgIpc) is 3.28. The van der Waals surface area contributed by atoms with Crippen molar-refractivity contribution in [3.8, 4) is 5.75 Å². The zero-order valence-electron chi connectivity index (χ0n) is 21.6. The Hall–Kier alpha value is -4.19. The van der Waals surface area contributed by atoms with Gasteiger partial charge in [-0.3, -0.25) is 29.0 Å². The summed E-state index contributed by atoms with van der Waals surface area (Å²) < 4.78 is 15.5. The summed E-state index contributed by atoms with van der Waals surface area (Å²) in [5, 5.41) is 15.1. The lowest BCUT2D eigenvalue weighted by Crippen LogP contribution is -2.54. The van der Waals surface area contributed by atoms with Gasteiger partial charge in [0.25, 0.3) is 0 Å². The minimum atomic E-state index is -4.70. The van der Waals surface area contributed by atoms with Crippen LogP contribution in [0.1, 0.15) is 30.9 Å². The Morgan fingerprint density at radius 2 is 1.62 bits per heavy atom. The second-order valence-corrected chi connectivity index (χ2v) is 10.5. The Morgan fingerprint density at radius 1 is 0.975 bits per heavy atom. The van der Waals surface area contributed by atoms with Crippen LogP contribution in [0.2, 0.25) is 0 Å². The van der Waals surface area contributed by atoms with Gasteiger partial charge in [-0.05, 0) is 42.2 Å². The van der Waals surface area contributed by atoms with Crippen LogP contribution in [0.25, 0.3) is 10.9 Å². The zero-order chi connectivity index (χ0) is 29.4. The summed E-state index contributed by atoms with van der Waals surface area (Å²) in [6.07, 6.45) is 1.38. The molecule has 8 N–H and O–H groups in total. The molecule has 1 unspecified atom stereocenters. The molecule has 1 heterocycles. The molecule has 40 heavy (non-hydrogen) atoms. The zero-order valence-corrected chi connectivity index (χ0v) is 22.5. The van der Waals surface area contributed by atoms with Gasteiger partial charge in [0.1, 0.15) is 17.8 Å². The van der Waals surface area contributed by atoms with E-state index in [2.05, 4.69) is 20.1 Å². The van der Waals surface area contributed by atoms with Gasteiger partial charge in [-0.25, -0.2) is 4.57 Å². The van der Waals surface area contributed by atoms with Crippen LogP contribution in [0.4, 0.5) is 0 Å². The number of rotatable bonds is 14. The monoisotopic (exact) mass is 574 g/mol. The van der Waals surface area contributed by atoms with E-state index in [-0.39, 0.29) is 25.0 Å². The summed E-state index contributed by atoms with van der Waals surface area (Å²) in [4.78, 5) is 70.3. The first-order chi connectivity index (χ1) is 18.8. The lowest BCUT2D eigenvalue weighted by atomic mass is 9.99. The molecular weight excluding hydrogens is 543 g/mol. The summed E-state index contributed by atoms with van der Waals surface area (Å²) >= 11 is 0. The Balaban J connectivity index is 1.67. The number of aromatic amines is 1. The number of carboxylic acids is 1. The van der Waals surface area contributed by atoms with E-state index in [1.807, 2.05) is 24.3 Å². The second kappa shape index (κ2) is 13.2. The van der Waals surface area contributed by atoms with Crippen molar-refractivity contribution in [3.63, 3.8) is 0 Å². The van der Waals surface area contributed by atoms with Gasteiger partial charge in [0, 0.05) is 35.9 Å². The molecule has 14 heteroatoms. The van der Waals surface area contributed by atoms with Gasteiger partial charge in [-0.15, -0.1) is 0 Å². The number of phosphoric acid groups is 1. The summed E-state index contributed by atoms with van der Waals surface area (Å²) in [7, 11) is -4.70. The molecule has 13 nitrogen and oxygen atoms in total. The minimum Gasteiger partial charge on any atom is -0.481 e. The van der Waals surface area contributed by atoms with E-state index in [0.29, 0.717) is 5.56 Å². The Labute approximate surface area is 229 Å². The van der Waals surface area contributed by atoms with Gasteiger partial charge in [0.2, 0.25) is 17.7 Å². The highest BCUT2D eigenvalue weighted by atomic mass is 31.2. The van der Waals surface area contributed by atoms with Crippen LogP contribution >= 0.6 is 7.82 Å². The number of nitrogens with two attached hydrogens (primary N) is 1. The van der Waals surface area contributed by atoms with Crippen LogP contribution in [-0.4, -0.2) is 55.7 Å². The normalized spacial score (nSPS) is 13.7. The molecule has 2 aromatic carbocycles. The quantitative estimate of drug-likeness (QED) is 0.138. The molecule has 1 aromatic heterocycles. The van der Waals surface area contributed by atoms with E-state index in [0.717, 1.165) is 16.5 Å². The maximum absolute atomic E-state index is 13.1. The van der Waals surface area contributed by atoms with Crippen molar-refractivity contribution in [1.29, 1.82) is 0 Å². The van der Waals surface area contributed by atoms with Gasteiger partial charge < -0.3 is 31.0 Å². The predicted molar refractivity (Wildman–Crippen MR) is 144 cm³/mol. The van der Waals surface area contributed by atoms with Crippen LogP contribution in [-0.2, 0) is 36.6 Å². The number of para-hydroxylation sites is 1. The van der Waals surface area contributed by atoms with Gasteiger partial charge in [-0.2, -0.15) is 0 Å². The predicted octanol–water partition coefficient (Wildman–Crippen LogP) is 1.38. The molecule has 0 radical (unpaired) electrons. The number of nitrogens with one attached hydrogen (secondary N) is 3. The highest BCUT2D eigenvalue weighted by molar-refractivity contribution is 7.46. The first-order valence-corrected chi connectivity index (χ1v) is 13.9. The fourth-order valence-corrected chi connectivity index (χ4v) is 4.53. The highest BCUT2D eigenvalue weighted by Gasteiger charge is 2.28. The van der Waals surface area contributed by atoms with E-state index < -0.39 is 55.9 Å². The molecule has 3 aromatic rings. The minimum absolute atomic E-state index is 0.0452. The van der Waals surface area contributed by atoms with Crippen LogP contribution in [0, 0.1) is 5.92 Å². The molecule has 0 saturated carbocycles. The molecule has 0 aliphatic carbocycles. The molecule has 3 atom stereocenters. The van der Waals surface area contributed by atoms with Crippen molar-refractivity contribution in [2.75, 3.05) is 0 Å². The van der Waals surface area contributed by atoms with Gasteiger partial charge in [-0.1, -0.05) is 37.3 Å². The van der Waals surface area contributed by atoms with Crippen molar-refractivity contribution in [2.24, 2.45) is 11.7 Å². The Kier molecular flexibility index (Phi) is 10.1. The topological polar surface area (TPSA) is 221 Å². The van der Waals surface area contributed by atoms with Gasteiger partial charge >= 0.3 is 13.8 Å². The second-order valence-electron chi connectivity index (χ2n) is 9.35.